The normalized spacial score (nSPS) is 59.2. The lowest BCUT2D eigenvalue weighted by Gasteiger charge is -1.99. The Bertz CT molecular complexity index is 243. The van der Waals surface area contributed by atoms with Crippen LogP contribution in [0.4, 0.5) is 0 Å². The summed E-state index contributed by atoms with van der Waals surface area (Å²) in [6, 6.07) is -1.66. The molecule has 0 radical (unpaired) electrons. The van der Waals surface area contributed by atoms with Crippen molar-refractivity contribution >= 4 is 5.97 Å². The van der Waals surface area contributed by atoms with E-state index in [-0.39, 0.29) is 0 Å². The van der Waals surface area contributed by atoms with Crippen LogP contribution in [0, 0.1) is 0 Å². The first kappa shape index (κ1) is 1.99. The van der Waals surface area contributed by atoms with Gasteiger partial charge in [0.15, 0.2) is 0 Å². The Kier molecular flexibility index (Phi) is 0.530. The van der Waals surface area contributed by atoms with Crippen LogP contribution >= 0.6 is 0 Å². The van der Waals surface area contributed by atoms with Crippen molar-refractivity contribution in [1.29, 1.82) is 0 Å². The molecule has 1 fully saturated rings. The second-order valence-electron chi connectivity index (χ2n) is 1.37. The maximum atomic E-state index is 10.5. The van der Waals surface area contributed by atoms with Gasteiger partial charge >= 0.3 is 5.97 Å². The fraction of sp³-hybridized carbons (Fsp3) is 0.800. The van der Waals surface area contributed by atoms with E-state index in [0.717, 1.165) is 0 Å². The molecule has 0 saturated carbocycles. The van der Waals surface area contributed by atoms with Crippen molar-refractivity contribution in [3.63, 3.8) is 0 Å². The molecule has 0 aromatic heterocycles. The lowest BCUT2D eigenvalue weighted by atomic mass is 10.2. The molecule has 3 heteroatoms. The van der Waals surface area contributed by atoms with Crippen LogP contribution in [0.2, 0.25) is 0 Å². The molecule has 8 heavy (non-hydrogen) atoms. The number of hydrogen-bond donors (Lipinski definition) is 2. The zero-order valence-corrected chi connectivity index (χ0v) is 4.01. The highest BCUT2D eigenvalue weighted by Gasteiger charge is 2.20. The largest absolute Gasteiger partial charge is 0.480 e. The first-order valence-corrected chi connectivity index (χ1v) is 2.12. The van der Waals surface area contributed by atoms with Crippen molar-refractivity contribution in [2.24, 2.45) is 0 Å². The predicted octanol–water partition coefficient (Wildman–Crippen LogP) is -0.177. The third-order valence-corrected chi connectivity index (χ3v) is 0.797. The van der Waals surface area contributed by atoms with Gasteiger partial charge in [-0.05, 0) is 19.3 Å². The van der Waals surface area contributed by atoms with E-state index in [9.17, 15) is 4.79 Å². The van der Waals surface area contributed by atoms with Gasteiger partial charge in [-0.1, -0.05) is 0 Å². The lowest BCUT2D eigenvalue weighted by molar-refractivity contribution is -0.139. The Hall–Kier alpha value is -0.570. The van der Waals surface area contributed by atoms with Gasteiger partial charge in [0.2, 0.25) is 0 Å². The molecule has 1 rings (SSSR count). The van der Waals surface area contributed by atoms with E-state index >= 15 is 0 Å². The molecule has 0 spiro atoms. The number of aliphatic carboxylic acids is 1. The Morgan fingerprint density at radius 3 is 3.00 bits per heavy atom. The third kappa shape index (κ3) is 0.980. The molecule has 2 N–H and O–H groups in total. The summed E-state index contributed by atoms with van der Waals surface area (Å²) in [5, 5.41) is 10.5. The predicted molar refractivity (Wildman–Crippen MR) is 28.7 cm³/mol. The van der Waals surface area contributed by atoms with Gasteiger partial charge in [0.05, 0.1) is 0 Å². The molecule has 0 bridgehead atoms. The highest BCUT2D eigenvalue weighted by Crippen LogP contribution is 2.03. The van der Waals surface area contributed by atoms with E-state index in [1.807, 2.05) is 5.32 Å². The molecule has 1 aliphatic heterocycles. The average Bonchev–Trinajstić information content (AvgIpc) is 2.11. The van der Waals surface area contributed by atoms with E-state index in [1.165, 1.54) is 0 Å². The van der Waals surface area contributed by atoms with Crippen molar-refractivity contribution in [3.8, 4) is 0 Å². The number of nitrogens with one attached hydrogen (secondary N) is 1. The summed E-state index contributed by atoms with van der Waals surface area (Å²) in [5.74, 6) is -1.48. The minimum absolute atomic E-state index is 1.48. The highest BCUT2D eigenvalue weighted by atomic mass is 16.4. The van der Waals surface area contributed by atoms with Gasteiger partial charge < -0.3 is 10.4 Å². The van der Waals surface area contributed by atoms with Crippen molar-refractivity contribution in [2.45, 2.75) is 18.8 Å². The number of rotatable bonds is 1. The van der Waals surface area contributed by atoms with Gasteiger partial charge in [-0.3, -0.25) is 4.79 Å². The molecule has 2 atom stereocenters. The third-order valence-electron chi connectivity index (χ3n) is 0.797. The molecule has 1 saturated heterocycles. The fourth-order valence-corrected chi connectivity index (χ4v) is 0.425. The zero-order valence-electron chi connectivity index (χ0n) is 9.01. The number of hydrogen-bond acceptors (Lipinski definition) is 2. The molecule has 46 valence electrons. The summed E-state index contributed by atoms with van der Waals surface area (Å²) < 4.78 is 35.9. The molecular formula is C5H9NO2. The monoisotopic (exact) mass is 120 g/mol. The quantitative estimate of drug-likeness (QED) is 0.505. The van der Waals surface area contributed by atoms with Gasteiger partial charge in [-0.25, -0.2) is 0 Å². The van der Waals surface area contributed by atoms with Crippen LogP contribution in [-0.2, 0) is 4.79 Å². The average molecular weight is 120 g/mol. The van der Waals surface area contributed by atoms with Crippen molar-refractivity contribution in [1.82, 2.24) is 5.32 Å². The summed E-state index contributed by atoms with van der Waals surface area (Å²) in [4.78, 5) is 10.5. The summed E-state index contributed by atoms with van der Waals surface area (Å²) in [6.07, 6.45) is -4.13. The molecule has 0 aromatic rings. The van der Waals surface area contributed by atoms with Crippen LogP contribution in [0.1, 0.15) is 19.6 Å². The van der Waals surface area contributed by atoms with E-state index < -0.39 is 31.3 Å². The standard InChI is InChI=1S/C5H9NO2/c7-5(8)4-2-1-3-6-4/h4,6H,1-3H2,(H,7,8)/t4-/m0/s1/i1D,2D2,3D2/t1-,4-. The summed E-state index contributed by atoms with van der Waals surface area (Å²) in [5.41, 5.74) is 0. The fourth-order valence-electron chi connectivity index (χ4n) is 0.425. The van der Waals surface area contributed by atoms with E-state index in [2.05, 4.69) is 0 Å². The summed E-state index contributed by atoms with van der Waals surface area (Å²) >= 11 is 0. The smallest absolute Gasteiger partial charge is 0.320 e. The highest BCUT2D eigenvalue weighted by molar-refractivity contribution is 5.73. The Morgan fingerprint density at radius 2 is 2.75 bits per heavy atom. The van der Waals surface area contributed by atoms with E-state index in [0.29, 0.717) is 0 Å². The Labute approximate surface area is 54.7 Å². The molecule has 0 aliphatic carbocycles. The second-order valence-corrected chi connectivity index (χ2v) is 1.37. The van der Waals surface area contributed by atoms with Crippen LogP contribution in [0.15, 0.2) is 0 Å². The van der Waals surface area contributed by atoms with Gasteiger partial charge in [-0.15, -0.1) is 0 Å². The minimum Gasteiger partial charge on any atom is -0.480 e. The van der Waals surface area contributed by atoms with Crippen LogP contribution in [0.3, 0.4) is 0 Å². The van der Waals surface area contributed by atoms with Gasteiger partial charge in [0.1, 0.15) is 6.04 Å². The molecular weight excluding hydrogens is 106 g/mol. The minimum atomic E-state index is -2.39. The van der Waals surface area contributed by atoms with Crippen molar-refractivity contribution < 1.29 is 16.8 Å². The molecule has 0 unspecified atom stereocenters. The molecule has 1 heterocycles. The van der Waals surface area contributed by atoms with Crippen LogP contribution in [0.25, 0.3) is 0 Å². The summed E-state index contributed by atoms with van der Waals surface area (Å²) in [7, 11) is 0. The number of carboxylic acids is 1. The van der Waals surface area contributed by atoms with Crippen LogP contribution in [0.5, 0.6) is 0 Å². The first-order chi connectivity index (χ1) is 5.69. The van der Waals surface area contributed by atoms with Gasteiger partial charge in [0, 0.05) is 6.85 Å². The van der Waals surface area contributed by atoms with Gasteiger partial charge in [0.25, 0.3) is 0 Å². The van der Waals surface area contributed by atoms with Crippen LogP contribution < -0.4 is 5.32 Å². The Morgan fingerprint density at radius 1 is 2.00 bits per heavy atom. The molecule has 0 amide bonds. The van der Waals surface area contributed by atoms with Crippen LogP contribution in [-0.4, -0.2) is 23.6 Å². The van der Waals surface area contributed by atoms with Crippen molar-refractivity contribution in [3.05, 3.63) is 0 Å². The Balaban J connectivity index is 3.00. The maximum Gasteiger partial charge on any atom is 0.320 e. The van der Waals surface area contributed by atoms with Crippen molar-refractivity contribution in [2.75, 3.05) is 6.50 Å². The zero-order chi connectivity index (χ0) is 10.4. The number of carboxylic acid groups (broad SMARTS) is 1. The molecule has 3 nitrogen and oxygen atoms in total. The molecule has 1 aliphatic rings. The SMILES string of the molecule is [2H][C@@H]1C([2H])([2H])N[C@H](C(=O)O)C1([2H])[2H]. The maximum absolute atomic E-state index is 10.5. The second kappa shape index (κ2) is 2.13. The molecule has 0 aromatic carbocycles. The topological polar surface area (TPSA) is 49.3 Å². The number of carbonyl (C=O) groups is 1. The van der Waals surface area contributed by atoms with E-state index in [4.69, 9.17) is 12.0 Å². The first-order valence-electron chi connectivity index (χ1n) is 4.70. The van der Waals surface area contributed by atoms with Gasteiger partial charge in [-0.2, -0.15) is 0 Å². The summed E-state index contributed by atoms with van der Waals surface area (Å²) in [6.45, 7) is -2.30. The lowest BCUT2D eigenvalue weighted by Crippen LogP contribution is -2.29. The van der Waals surface area contributed by atoms with E-state index in [1.54, 1.807) is 0 Å².